The Bertz CT molecular complexity index is 781. The molecule has 3 rings (SSSR count). The highest BCUT2D eigenvalue weighted by molar-refractivity contribution is 6.31. The maximum absolute atomic E-state index is 12.3. The molecule has 3 N–H and O–H groups in total. The molecule has 0 spiro atoms. The molecule has 2 atom stereocenters. The maximum Gasteiger partial charge on any atom is 0.258 e. The van der Waals surface area contributed by atoms with Gasteiger partial charge < -0.3 is 4.74 Å². The van der Waals surface area contributed by atoms with Crippen LogP contribution in [-0.2, 0) is 4.79 Å². The summed E-state index contributed by atoms with van der Waals surface area (Å²) in [6.45, 7) is 0. The second-order valence-electron chi connectivity index (χ2n) is 5.63. The van der Waals surface area contributed by atoms with Crippen LogP contribution in [0.3, 0.4) is 0 Å². The van der Waals surface area contributed by atoms with E-state index in [0.717, 1.165) is 11.1 Å². The fraction of sp³-hybridized carbons (Fsp3) is 0.222. The Labute approximate surface area is 151 Å². The highest BCUT2D eigenvalue weighted by atomic mass is 35.5. The van der Waals surface area contributed by atoms with E-state index in [9.17, 15) is 4.79 Å². The van der Waals surface area contributed by atoms with Crippen molar-refractivity contribution in [3.8, 4) is 5.75 Å². The molecule has 1 aliphatic rings. The lowest BCUT2D eigenvalue weighted by Crippen LogP contribution is -2.41. The summed E-state index contributed by atoms with van der Waals surface area (Å²) < 4.78 is 5.24. The molecule has 0 aliphatic carbocycles. The molecule has 6 nitrogen and oxygen atoms in total. The number of halogens is 1. The summed E-state index contributed by atoms with van der Waals surface area (Å²) in [7, 11) is 1.59. The van der Waals surface area contributed by atoms with Gasteiger partial charge in [0.2, 0.25) is 0 Å². The fourth-order valence-corrected chi connectivity index (χ4v) is 2.97. The van der Waals surface area contributed by atoms with Crippen molar-refractivity contribution in [1.82, 2.24) is 16.3 Å². The molecule has 1 saturated heterocycles. The van der Waals surface area contributed by atoms with Crippen molar-refractivity contribution in [3.63, 3.8) is 0 Å². The molecule has 2 aromatic carbocycles. The number of ether oxygens (including phenoxy) is 1. The molecule has 0 saturated carbocycles. The molecule has 1 fully saturated rings. The van der Waals surface area contributed by atoms with Crippen LogP contribution in [0, 0.1) is 0 Å². The van der Waals surface area contributed by atoms with Gasteiger partial charge in [0.05, 0.1) is 13.3 Å². The monoisotopic (exact) mass is 358 g/mol. The van der Waals surface area contributed by atoms with E-state index in [1.54, 1.807) is 13.3 Å². The third-order valence-corrected chi connectivity index (χ3v) is 4.36. The van der Waals surface area contributed by atoms with Gasteiger partial charge in [0.1, 0.15) is 11.8 Å². The molecule has 2 unspecified atom stereocenters. The molecular formula is C18H19ClN4O2. The second kappa shape index (κ2) is 8.11. The first-order valence-corrected chi connectivity index (χ1v) is 8.28. The van der Waals surface area contributed by atoms with Crippen LogP contribution in [0.5, 0.6) is 5.75 Å². The average molecular weight is 359 g/mol. The number of hydrogen-bond donors (Lipinski definition) is 3. The molecule has 1 heterocycles. The van der Waals surface area contributed by atoms with Gasteiger partial charge in [-0.05, 0) is 30.2 Å². The Balaban J connectivity index is 1.58. The summed E-state index contributed by atoms with van der Waals surface area (Å²) in [4.78, 5) is 12.3. The zero-order valence-corrected chi connectivity index (χ0v) is 14.5. The lowest BCUT2D eigenvalue weighted by atomic mass is 10.0. The number of rotatable bonds is 5. The molecule has 0 radical (unpaired) electrons. The summed E-state index contributed by atoms with van der Waals surface area (Å²) in [6.07, 6.45) is 2.14. The van der Waals surface area contributed by atoms with Gasteiger partial charge in [0, 0.05) is 16.6 Å². The third-order valence-electron chi connectivity index (χ3n) is 4.02. The first-order chi connectivity index (χ1) is 12.2. The predicted octanol–water partition coefficient (Wildman–Crippen LogP) is 2.41. The average Bonchev–Trinajstić information content (AvgIpc) is 3.12. The number of para-hydroxylation sites is 1. The summed E-state index contributed by atoms with van der Waals surface area (Å²) in [5.74, 6) is 0.480. The highest BCUT2D eigenvalue weighted by Crippen LogP contribution is 2.28. The quantitative estimate of drug-likeness (QED) is 0.567. The maximum atomic E-state index is 12.3. The van der Waals surface area contributed by atoms with Gasteiger partial charge in [-0.3, -0.25) is 4.79 Å². The van der Waals surface area contributed by atoms with E-state index in [0.29, 0.717) is 17.2 Å². The molecule has 2 aromatic rings. The Morgan fingerprint density at radius 2 is 2.00 bits per heavy atom. The Morgan fingerprint density at radius 3 is 2.80 bits per heavy atom. The predicted molar refractivity (Wildman–Crippen MR) is 97.6 cm³/mol. The Hall–Kier alpha value is -2.41. The van der Waals surface area contributed by atoms with Crippen LogP contribution >= 0.6 is 11.6 Å². The summed E-state index contributed by atoms with van der Waals surface area (Å²) in [6, 6.07) is 14.6. The molecule has 1 aliphatic heterocycles. The number of benzene rings is 2. The SMILES string of the molecule is COc1ccccc1/C=N/NC(=O)C1CC(c2ccccc2Cl)NN1. The Morgan fingerprint density at radius 1 is 1.24 bits per heavy atom. The van der Waals surface area contributed by atoms with Crippen molar-refractivity contribution in [2.75, 3.05) is 7.11 Å². The van der Waals surface area contributed by atoms with E-state index < -0.39 is 6.04 Å². The number of nitrogens with zero attached hydrogens (tertiary/aromatic N) is 1. The minimum atomic E-state index is -0.393. The van der Waals surface area contributed by atoms with Crippen LogP contribution in [0.25, 0.3) is 0 Å². The minimum Gasteiger partial charge on any atom is -0.496 e. The summed E-state index contributed by atoms with van der Waals surface area (Å²) >= 11 is 6.21. The smallest absolute Gasteiger partial charge is 0.258 e. The van der Waals surface area contributed by atoms with E-state index in [4.69, 9.17) is 16.3 Å². The number of amides is 1. The number of nitrogens with one attached hydrogen (secondary N) is 3. The summed E-state index contributed by atoms with van der Waals surface area (Å²) in [5.41, 5.74) is 10.4. The topological polar surface area (TPSA) is 74.8 Å². The minimum absolute atomic E-state index is 0.0253. The van der Waals surface area contributed by atoms with E-state index in [2.05, 4.69) is 21.4 Å². The van der Waals surface area contributed by atoms with E-state index in [1.807, 2.05) is 48.5 Å². The fourth-order valence-electron chi connectivity index (χ4n) is 2.71. The molecular weight excluding hydrogens is 340 g/mol. The molecule has 0 bridgehead atoms. The van der Waals surface area contributed by atoms with Gasteiger partial charge in [0.15, 0.2) is 0 Å². The zero-order chi connectivity index (χ0) is 17.6. The molecule has 7 heteroatoms. The van der Waals surface area contributed by atoms with E-state index in [1.165, 1.54) is 0 Å². The standard InChI is InChI=1S/C18H19ClN4O2/c1-25-17-9-5-2-6-12(17)11-20-23-18(24)16-10-15(21-22-16)13-7-3-4-8-14(13)19/h2-9,11,15-16,21-22H,10H2,1H3,(H,23,24)/b20-11+. The number of hydrazone groups is 1. The molecule has 0 aromatic heterocycles. The van der Waals surface area contributed by atoms with Crippen molar-refractivity contribution in [3.05, 3.63) is 64.7 Å². The van der Waals surface area contributed by atoms with Gasteiger partial charge in [-0.1, -0.05) is 41.9 Å². The number of hydrogen-bond acceptors (Lipinski definition) is 5. The third kappa shape index (κ3) is 4.17. The van der Waals surface area contributed by atoms with E-state index in [-0.39, 0.29) is 11.9 Å². The van der Waals surface area contributed by atoms with Crippen molar-refractivity contribution in [2.24, 2.45) is 5.10 Å². The van der Waals surface area contributed by atoms with Gasteiger partial charge in [-0.25, -0.2) is 16.3 Å². The first-order valence-electron chi connectivity index (χ1n) is 7.90. The highest BCUT2D eigenvalue weighted by Gasteiger charge is 2.30. The van der Waals surface area contributed by atoms with Crippen LogP contribution in [0.1, 0.15) is 23.6 Å². The van der Waals surface area contributed by atoms with Crippen molar-refractivity contribution in [2.45, 2.75) is 18.5 Å². The van der Waals surface area contributed by atoms with Crippen molar-refractivity contribution < 1.29 is 9.53 Å². The van der Waals surface area contributed by atoms with Crippen LogP contribution in [0.2, 0.25) is 5.02 Å². The zero-order valence-electron chi connectivity index (χ0n) is 13.7. The van der Waals surface area contributed by atoms with Gasteiger partial charge >= 0.3 is 0 Å². The lowest BCUT2D eigenvalue weighted by molar-refractivity contribution is -0.122. The summed E-state index contributed by atoms with van der Waals surface area (Å²) in [5, 5.41) is 4.69. The Kier molecular flexibility index (Phi) is 5.65. The van der Waals surface area contributed by atoms with Crippen LogP contribution in [0.4, 0.5) is 0 Å². The molecule has 130 valence electrons. The van der Waals surface area contributed by atoms with Crippen LogP contribution < -0.4 is 21.0 Å². The molecule has 25 heavy (non-hydrogen) atoms. The van der Waals surface area contributed by atoms with Gasteiger partial charge in [0.25, 0.3) is 5.91 Å². The van der Waals surface area contributed by atoms with Gasteiger partial charge in [-0.15, -0.1) is 0 Å². The van der Waals surface area contributed by atoms with Crippen molar-refractivity contribution >= 4 is 23.7 Å². The first kappa shape index (κ1) is 17.4. The second-order valence-corrected chi connectivity index (χ2v) is 6.03. The number of carbonyl (C=O) groups is 1. The van der Waals surface area contributed by atoms with Crippen LogP contribution in [-0.4, -0.2) is 25.3 Å². The van der Waals surface area contributed by atoms with Gasteiger partial charge in [-0.2, -0.15) is 5.10 Å². The normalized spacial score (nSPS) is 19.9. The largest absolute Gasteiger partial charge is 0.496 e. The van der Waals surface area contributed by atoms with Crippen molar-refractivity contribution in [1.29, 1.82) is 0 Å². The number of methoxy groups -OCH3 is 1. The lowest BCUT2D eigenvalue weighted by Gasteiger charge is -2.11. The number of carbonyl (C=O) groups excluding carboxylic acids is 1. The number of hydrazine groups is 1. The van der Waals surface area contributed by atoms with E-state index >= 15 is 0 Å². The van der Waals surface area contributed by atoms with Crippen LogP contribution in [0.15, 0.2) is 53.6 Å². The molecule has 1 amide bonds.